The van der Waals surface area contributed by atoms with Crippen molar-refractivity contribution in [1.29, 1.82) is 0 Å². The van der Waals surface area contributed by atoms with Gasteiger partial charge in [-0.3, -0.25) is 4.98 Å². The lowest BCUT2D eigenvalue weighted by molar-refractivity contribution is 0.181. The highest BCUT2D eigenvalue weighted by Crippen LogP contribution is 2.27. The first-order chi connectivity index (χ1) is 15.0. The monoisotopic (exact) mass is 431 g/mol. The predicted molar refractivity (Wildman–Crippen MR) is 114 cm³/mol. The molecule has 0 amide bonds. The summed E-state index contributed by atoms with van der Waals surface area (Å²) in [6.45, 7) is 3.74. The number of aromatic nitrogens is 2. The van der Waals surface area contributed by atoms with Crippen LogP contribution >= 0.6 is 0 Å². The third-order valence-electron chi connectivity index (χ3n) is 5.82. The van der Waals surface area contributed by atoms with Gasteiger partial charge in [-0.15, -0.1) is 0 Å². The van der Waals surface area contributed by atoms with E-state index in [0.29, 0.717) is 30.5 Å². The van der Waals surface area contributed by atoms with Crippen molar-refractivity contribution in [3.63, 3.8) is 0 Å². The number of methoxy groups -OCH3 is 1. The number of nitrogens with one attached hydrogen (secondary N) is 1. The van der Waals surface area contributed by atoms with Gasteiger partial charge in [0, 0.05) is 37.9 Å². The van der Waals surface area contributed by atoms with Crippen molar-refractivity contribution in [2.75, 3.05) is 38.2 Å². The molecule has 0 bridgehead atoms. The molecule has 166 valence electrons. The third kappa shape index (κ3) is 5.17. The highest BCUT2D eigenvalue weighted by Gasteiger charge is 2.24. The number of ether oxygens (including phenoxy) is 1. The Balaban J connectivity index is 1.24. The smallest absolute Gasteiger partial charge is 0.250 e. The summed E-state index contributed by atoms with van der Waals surface area (Å²) in [5.74, 6) is -0.861. The van der Waals surface area contributed by atoms with Crippen molar-refractivity contribution in [2.24, 2.45) is 0 Å². The zero-order valence-corrected chi connectivity index (χ0v) is 17.5. The zero-order chi connectivity index (χ0) is 21.8. The lowest BCUT2D eigenvalue weighted by atomic mass is 10.0. The molecule has 4 heterocycles. The lowest BCUT2D eigenvalue weighted by Crippen LogP contribution is -2.46. The second-order valence-electron chi connectivity index (χ2n) is 7.86. The van der Waals surface area contributed by atoms with Crippen molar-refractivity contribution < 1.29 is 18.6 Å². The normalized spacial score (nSPS) is 19.5. The predicted octanol–water partition coefficient (Wildman–Crippen LogP) is 2.17. The minimum absolute atomic E-state index is 0.00696. The van der Waals surface area contributed by atoms with Crippen LogP contribution in [0.2, 0.25) is 0 Å². The quantitative estimate of drug-likeness (QED) is 0.696. The molecule has 4 rings (SSSR count). The summed E-state index contributed by atoms with van der Waals surface area (Å²) in [4.78, 5) is 12.2. The number of rotatable bonds is 7. The van der Waals surface area contributed by atoms with Crippen LogP contribution in [0.5, 0.6) is 5.88 Å². The molecule has 1 atom stereocenters. The van der Waals surface area contributed by atoms with Crippen molar-refractivity contribution >= 4 is 11.8 Å². The number of aliphatic hydroxyl groups is 1. The van der Waals surface area contributed by atoms with Crippen molar-refractivity contribution in [2.45, 2.75) is 31.7 Å². The SMILES string of the molecule is COc1ncc(CNC2CCN(CCN3c4cc(F)cnc4C=CC3O)CC2)cc1F. The van der Waals surface area contributed by atoms with E-state index in [2.05, 4.69) is 20.2 Å². The molecule has 9 heteroatoms. The van der Waals surface area contributed by atoms with E-state index >= 15 is 0 Å². The van der Waals surface area contributed by atoms with Crippen LogP contribution in [0.3, 0.4) is 0 Å². The first-order valence-electron chi connectivity index (χ1n) is 10.5. The lowest BCUT2D eigenvalue weighted by Gasteiger charge is -2.36. The van der Waals surface area contributed by atoms with E-state index in [1.165, 1.54) is 25.4 Å². The Bertz CT molecular complexity index is 934. The minimum Gasteiger partial charge on any atom is -0.479 e. The van der Waals surface area contributed by atoms with Crippen LogP contribution in [0.1, 0.15) is 24.1 Å². The van der Waals surface area contributed by atoms with Gasteiger partial charge in [0.25, 0.3) is 0 Å². The highest BCUT2D eigenvalue weighted by atomic mass is 19.1. The van der Waals surface area contributed by atoms with E-state index in [0.717, 1.165) is 38.0 Å². The molecular weight excluding hydrogens is 404 g/mol. The van der Waals surface area contributed by atoms with Gasteiger partial charge in [-0.05, 0) is 49.7 Å². The first kappa shape index (κ1) is 21.6. The molecule has 0 saturated carbocycles. The first-order valence-corrected chi connectivity index (χ1v) is 10.5. The second kappa shape index (κ2) is 9.67. The zero-order valence-electron chi connectivity index (χ0n) is 17.5. The van der Waals surface area contributed by atoms with E-state index in [1.54, 1.807) is 23.2 Å². The van der Waals surface area contributed by atoms with Gasteiger partial charge in [0.2, 0.25) is 5.88 Å². The molecule has 2 aromatic heterocycles. The molecule has 31 heavy (non-hydrogen) atoms. The van der Waals surface area contributed by atoms with Crippen molar-refractivity contribution in [3.05, 3.63) is 53.5 Å². The molecule has 7 nitrogen and oxygen atoms in total. The van der Waals surface area contributed by atoms with E-state index in [9.17, 15) is 13.9 Å². The Labute approximate surface area is 180 Å². The Morgan fingerprint density at radius 1 is 1.16 bits per heavy atom. The van der Waals surface area contributed by atoms with Crippen LogP contribution in [-0.2, 0) is 6.54 Å². The fourth-order valence-electron chi connectivity index (χ4n) is 4.06. The molecule has 2 aromatic rings. The Morgan fingerprint density at radius 2 is 1.97 bits per heavy atom. The van der Waals surface area contributed by atoms with E-state index < -0.39 is 17.9 Å². The molecule has 2 aliphatic rings. The number of likely N-dealkylation sites (tertiary alicyclic amines) is 1. The van der Waals surface area contributed by atoms with Gasteiger partial charge in [-0.2, -0.15) is 0 Å². The number of fused-ring (bicyclic) bond motifs is 1. The molecule has 1 saturated heterocycles. The van der Waals surface area contributed by atoms with Crippen LogP contribution in [0.4, 0.5) is 14.5 Å². The van der Waals surface area contributed by atoms with Gasteiger partial charge in [-0.25, -0.2) is 13.8 Å². The third-order valence-corrected chi connectivity index (χ3v) is 5.82. The summed E-state index contributed by atoms with van der Waals surface area (Å²) in [7, 11) is 1.40. The summed E-state index contributed by atoms with van der Waals surface area (Å²) in [6.07, 6.45) is 7.36. The molecule has 1 fully saturated rings. The number of piperidine rings is 1. The Hall–Kier alpha value is -2.62. The maximum Gasteiger partial charge on any atom is 0.250 e. The summed E-state index contributed by atoms with van der Waals surface area (Å²) in [5.41, 5.74) is 2.07. The summed E-state index contributed by atoms with van der Waals surface area (Å²) >= 11 is 0. The average molecular weight is 431 g/mol. The van der Waals surface area contributed by atoms with Gasteiger partial charge >= 0.3 is 0 Å². The molecule has 0 aromatic carbocycles. The van der Waals surface area contributed by atoms with Crippen molar-refractivity contribution in [1.82, 2.24) is 20.2 Å². The maximum atomic E-state index is 13.8. The number of pyridine rings is 2. The standard InChI is InChI=1S/C22H27F2N5O2/c1-31-22-18(24)10-15(13-27-22)12-25-17-4-6-28(7-5-17)8-9-29-20-11-16(23)14-26-19(20)2-3-21(29)30/h2-3,10-11,13-14,17,21,25,30H,4-9,12H2,1H3. The van der Waals surface area contributed by atoms with Crippen molar-refractivity contribution in [3.8, 4) is 5.88 Å². The fourth-order valence-corrected chi connectivity index (χ4v) is 4.06. The van der Waals surface area contributed by atoms with Gasteiger partial charge < -0.3 is 25.0 Å². The van der Waals surface area contributed by atoms with Crippen LogP contribution in [-0.4, -0.2) is 65.5 Å². The van der Waals surface area contributed by atoms with Gasteiger partial charge in [0.05, 0.1) is 24.7 Å². The average Bonchev–Trinajstić information content (AvgIpc) is 2.78. The molecule has 2 N–H and O–H groups in total. The van der Waals surface area contributed by atoms with E-state index in [1.807, 2.05) is 0 Å². The van der Waals surface area contributed by atoms with E-state index in [-0.39, 0.29) is 5.88 Å². The maximum absolute atomic E-state index is 13.8. The fraction of sp³-hybridized carbons (Fsp3) is 0.455. The van der Waals surface area contributed by atoms with Crippen LogP contribution < -0.4 is 15.0 Å². The van der Waals surface area contributed by atoms with Crippen LogP contribution in [0.15, 0.2) is 30.6 Å². The largest absolute Gasteiger partial charge is 0.479 e. The molecule has 1 unspecified atom stereocenters. The number of halogens is 2. The molecule has 0 aliphatic carbocycles. The molecule has 2 aliphatic heterocycles. The Kier molecular flexibility index (Phi) is 6.74. The number of nitrogens with zero attached hydrogens (tertiary/aromatic N) is 4. The number of hydrogen-bond acceptors (Lipinski definition) is 7. The van der Waals surface area contributed by atoms with Crippen LogP contribution in [0.25, 0.3) is 6.08 Å². The molecule has 0 radical (unpaired) electrons. The summed E-state index contributed by atoms with van der Waals surface area (Å²) in [5, 5.41) is 13.8. The van der Waals surface area contributed by atoms with E-state index in [4.69, 9.17) is 4.74 Å². The van der Waals surface area contributed by atoms with Gasteiger partial charge in [-0.1, -0.05) is 0 Å². The molecular formula is C22H27F2N5O2. The number of anilines is 1. The second-order valence-corrected chi connectivity index (χ2v) is 7.86. The summed E-state index contributed by atoms with van der Waals surface area (Å²) < 4.78 is 32.3. The summed E-state index contributed by atoms with van der Waals surface area (Å²) in [6, 6.07) is 3.22. The number of aliphatic hydroxyl groups excluding tert-OH is 1. The Morgan fingerprint density at radius 3 is 2.71 bits per heavy atom. The van der Waals surface area contributed by atoms with Gasteiger partial charge in [0.15, 0.2) is 5.82 Å². The highest BCUT2D eigenvalue weighted by molar-refractivity contribution is 5.68. The minimum atomic E-state index is -0.784. The topological polar surface area (TPSA) is 73.8 Å². The van der Waals surface area contributed by atoms with Gasteiger partial charge in [0.1, 0.15) is 12.0 Å². The van der Waals surface area contributed by atoms with Crippen LogP contribution in [0, 0.1) is 11.6 Å². The number of hydrogen-bond donors (Lipinski definition) is 2. The molecule has 0 spiro atoms.